The van der Waals surface area contributed by atoms with Gasteiger partial charge >= 0.3 is 35.1 Å². The van der Waals surface area contributed by atoms with E-state index in [4.69, 9.17) is 55.1 Å². The van der Waals surface area contributed by atoms with Crippen LogP contribution in [0.5, 0.6) is 18.0 Å². The fraction of sp³-hybridized carbons (Fsp3) is 0.423. The Morgan fingerprint density at radius 3 is 1.17 bits per heavy atom. The SMILES string of the molecule is C=CC(=O)NCc1ccc(Cn2c(=O)[nH]c3c(N)nc(OCCOC)nc32)cc1.COCCOc1nc(N)c2[nH]c(=O)n(Cc3ccc(CNC(=O)CCC(=O)N4CCNCC4)cc3)c2n1.COCCOc1nc(N)c2[nH]c(=O)n(Cc3ccc(CNC(=O)CCC(=O)NCCOCCOCCC(C)=O)cc3)c2n1. The highest BCUT2D eigenvalue weighted by molar-refractivity contribution is 5.87. The van der Waals surface area contributed by atoms with Gasteiger partial charge in [-0.1, -0.05) is 79.4 Å². The molecule has 584 valence electrons. The molecule has 0 bridgehead atoms. The summed E-state index contributed by atoms with van der Waals surface area (Å²) < 4.78 is 46.2. The number of nitrogens with two attached hydrogens (primary N) is 3. The van der Waals surface area contributed by atoms with Crippen LogP contribution in [0.3, 0.4) is 0 Å². The number of methoxy groups -OCH3 is 3. The number of Topliss-reactive ketones (excluding diaryl/α,β-unsaturated/α-hetero) is 1. The predicted octanol–water partition coefficient (Wildman–Crippen LogP) is 0.481. The number of ketones is 1. The summed E-state index contributed by atoms with van der Waals surface area (Å²) in [4.78, 5) is 143. The van der Waals surface area contributed by atoms with Gasteiger partial charge in [0.05, 0.1) is 65.9 Å². The molecule has 1 aliphatic rings. The normalized spacial score (nSPS) is 11.8. The zero-order chi connectivity index (χ0) is 78.0. The first kappa shape index (κ1) is 82.7. The molecule has 109 heavy (non-hydrogen) atoms. The van der Waals surface area contributed by atoms with E-state index in [0.717, 1.165) is 46.5 Å². The Morgan fingerprint density at radius 1 is 0.450 bits per heavy atom. The van der Waals surface area contributed by atoms with E-state index in [-0.39, 0.29) is 153 Å². The molecule has 9 aromatic rings. The third-order valence-corrected chi connectivity index (χ3v) is 16.3. The number of aromatic nitrogens is 12. The predicted molar refractivity (Wildman–Crippen MR) is 400 cm³/mol. The fourth-order valence-electron chi connectivity index (χ4n) is 10.5. The number of anilines is 3. The number of benzene rings is 3. The van der Waals surface area contributed by atoms with Crippen molar-refractivity contribution in [1.82, 2.24) is 90.0 Å². The van der Waals surface area contributed by atoms with Crippen LogP contribution in [0.2, 0.25) is 0 Å². The van der Waals surface area contributed by atoms with Gasteiger partial charge in [0.15, 0.2) is 34.4 Å². The smallest absolute Gasteiger partial charge is 0.328 e. The van der Waals surface area contributed by atoms with Crippen LogP contribution in [0.25, 0.3) is 33.5 Å². The highest BCUT2D eigenvalue weighted by Gasteiger charge is 2.21. The van der Waals surface area contributed by atoms with Gasteiger partial charge in [-0.15, -0.1) is 0 Å². The maximum atomic E-state index is 12.6. The first-order valence-electron chi connectivity index (χ1n) is 34.9. The van der Waals surface area contributed by atoms with Gasteiger partial charge in [0.25, 0.3) is 0 Å². The number of hydrogen-bond donors (Lipinski definition) is 11. The summed E-state index contributed by atoms with van der Waals surface area (Å²) >= 11 is 0. The Bertz CT molecular complexity index is 4680. The molecular weight excluding hydrogens is 1420 g/mol. The lowest BCUT2D eigenvalue weighted by atomic mass is 10.1. The third kappa shape index (κ3) is 26.2. The molecule has 10 rings (SSSR count). The van der Waals surface area contributed by atoms with Gasteiger partial charge in [0.1, 0.15) is 42.2 Å². The number of H-pyrrole nitrogens is 3. The van der Waals surface area contributed by atoms with E-state index >= 15 is 0 Å². The maximum Gasteiger partial charge on any atom is 0.328 e. The molecule has 38 nitrogen and oxygen atoms in total. The van der Waals surface area contributed by atoms with Crippen molar-refractivity contribution >= 4 is 86.3 Å². The van der Waals surface area contributed by atoms with Crippen molar-refractivity contribution in [2.45, 2.75) is 78.3 Å². The lowest BCUT2D eigenvalue weighted by Gasteiger charge is -2.27. The Balaban J connectivity index is 0.000000209. The number of nitrogen functional groups attached to an aromatic ring is 3. The van der Waals surface area contributed by atoms with Gasteiger partial charge in [0.2, 0.25) is 29.5 Å². The lowest BCUT2D eigenvalue weighted by molar-refractivity contribution is -0.134. The average Bonchev–Trinajstić information content (AvgIpc) is 1.65. The summed E-state index contributed by atoms with van der Waals surface area (Å²) in [6, 6.07) is 22.6. The van der Waals surface area contributed by atoms with E-state index in [0.29, 0.717) is 125 Å². The molecule has 5 amide bonds. The first-order chi connectivity index (χ1) is 52.7. The second kappa shape index (κ2) is 43.0. The molecule has 38 heteroatoms. The van der Waals surface area contributed by atoms with E-state index in [2.05, 4.69) is 78.0 Å². The second-order valence-corrected chi connectivity index (χ2v) is 24.4. The summed E-state index contributed by atoms with van der Waals surface area (Å²) in [7, 11) is 4.67. The largest absolute Gasteiger partial charge is 0.461 e. The molecule has 6 aromatic heterocycles. The number of amides is 5. The van der Waals surface area contributed by atoms with E-state index in [1.807, 2.05) is 72.8 Å². The minimum absolute atomic E-state index is 0.00853. The van der Waals surface area contributed by atoms with E-state index in [9.17, 15) is 43.2 Å². The standard InChI is InChI=1S/C28H39N7O8.C24H32N8O5.C19H22N6O4/c1-19(36)9-11-41-14-15-42-12-10-30-22(37)7-8-23(38)31-17-20-3-5-21(6-4-20)18-35-26-24(32-28(35)39)25(29)33-27(34-26)43-16-13-40-2;1-36-12-13-37-23-29-21(25)20-22(30-23)32(24(35)28-20)15-17-4-2-16(3-5-17)14-27-18(33)6-7-19(34)31-10-8-26-9-11-31;1-3-14(26)21-10-12-4-6-13(7-5-12)11-25-17-15(22-19(25)27)16(20)23-18(24-17)29-9-8-28-2/h3-6H,7-18H2,1-2H3,(H,30,37)(H,31,38)(H,32,39)(H2,29,33,34);2-5,26H,6-15H2,1H3,(H,27,33)(H,28,35)(H2,25,29,30);3-7H,1,8-11H2,2H3,(H,21,26)(H,22,27)(H2,20,23,24). The Hall–Kier alpha value is -12.0. The topological polar surface area (TPSA) is 508 Å². The van der Waals surface area contributed by atoms with Crippen LogP contribution < -0.4 is 75.1 Å². The first-order valence-corrected chi connectivity index (χ1v) is 34.9. The van der Waals surface area contributed by atoms with Crippen molar-refractivity contribution in [3.05, 3.63) is 150 Å². The number of nitrogens with one attached hydrogen (secondary N) is 8. The summed E-state index contributed by atoms with van der Waals surface area (Å²) in [5, 5.41) is 14.3. The molecule has 7 heterocycles. The number of ether oxygens (including phenoxy) is 8. The van der Waals surface area contributed by atoms with Crippen LogP contribution in [0.4, 0.5) is 17.5 Å². The van der Waals surface area contributed by atoms with Crippen molar-refractivity contribution < 1.29 is 66.7 Å². The lowest BCUT2D eigenvalue weighted by Crippen LogP contribution is -2.46. The van der Waals surface area contributed by atoms with Crippen LogP contribution in [-0.4, -0.2) is 219 Å². The van der Waals surface area contributed by atoms with Crippen LogP contribution >= 0.6 is 0 Å². The minimum Gasteiger partial charge on any atom is -0.461 e. The Labute approximate surface area is 624 Å². The molecular formula is C71H93N21O17. The molecule has 0 atom stereocenters. The summed E-state index contributed by atoms with van der Waals surface area (Å²) in [6.07, 6.45) is 2.08. The Kier molecular flexibility index (Phi) is 32.6. The number of piperazine rings is 1. The molecule has 0 aliphatic carbocycles. The Morgan fingerprint density at radius 2 is 0.798 bits per heavy atom. The van der Waals surface area contributed by atoms with E-state index < -0.39 is 0 Å². The van der Waals surface area contributed by atoms with Gasteiger partial charge in [-0.05, 0) is 46.4 Å². The van der Waals surface area contributed by atoms with Gasteiger partial charge in [0, 0.05) is 106 Å². The van der Waals surface area contributed by atoms with E-state index in [1.54, 1.807) is 26.2 Å². The van der Waals surface area contributed by atoms with Crippen LogP contribution in [-0.2, 0) is 91.7 Å². The maximum absolute atomic E-state index is 12.6. The van der Waals surface area contributed by atoms with Crippen LogP contribution in [0.1, 0.15) is 72.4 Å². The molecule has 0 spiro atoms. The number of hydrogen-bond acceptors (Lipinski definition) is 27. The highest BCUT2D eigenvalue weighted by Crippen LogP contribution is 2.22. The number of carbonyl (C=O) groups excluding carboxylic acids is 6. The van der Waals surface area contributed by atoms with Gasteiger partial charge in [-0.3, -0.25) is 42.5 Å². The van der Waals surface area contributed by atoms with Crippen molar-refractivity contribution in [2.75, 3.05) is 137 Å². The summed E-state index contributed by atoms with van der Waals surface area (Å²) in [5.74, 6) is -0.453. The summed E-state index contributed by atoms with van der Waals surface area (Å²) in [6.45, 7) is 13.3. The van der Waals surface area contributed by atoms with Gasteiger partial charge < -0.3 is 102 Å². The molecule has 14 N–H and O–H groups in total. The monoisotopic (exact) mass is 1510 g/mol. The zero-order valence-corrected chi connectivity index (χ0v) is 61.2. The van der Waals surface area contributed by atoms with Crippen molar-refractivity contribution in [2.24, 2.45) is 0 Å². The average molecular weight is 1510 g/mol. The number of carbonyl (C=O) groups is 6. The summed E-state index contributed by atoms with van der Waals surface area (Å²) in [5.41, 5.74) is 24.1. The van der Waals surface area contributed by atoms with Crippen molar-refractivity contribution in [3.8, 4) is 18.0 Å². The van der Waals surface area contributed by atoms with Gasteiger partial charge in [-0.25, -0.2) is 14.4 Å². The van der Waals surface area contributed by atoms with Crippen LogP contribution in [0.15, 0.2) is 99.8 Å². The number of nitrogens with zero attached hydrogens (tertiary/aromatic N) is 10. The van der Waals surface area contributed by atoms with Crippen LogP contribution in [0, 0.1) is 0 Å². The number of fused-ring (bicyclic) bond motifs is 3. The van der Waals surface area contributed by atoms with E-state index in [1.165, 1.54) is 26.7 Å². The molecule has 0 unspecified atom stereocenters. The fourth-order valence-corrected chi connectivity index (χ4v) is 10.5. The zero-order valence-electron chi connectivity index (χ0n) is 61.2. The highest BCUT2D eigenvalue weighted by atomic mass is 16.5. The van der Waals surface area contributed by atoms with Crippen molar-refractivity contribution in [3.63, 3.8) is 0 Å². The molecule has 1 aliphatic heterocycles. The molecule has 0 saturated carbocycles. The van der Waals surface area contributed by atoms with Gasteiger partial charge in [-0.2, -0.15) is 29.9 Å². The number of aromatic amines is 3. The molecule has 0 radical (unpaired) electrons. The minimum atomic E-state index is -0.384. The van der Waals surface area contributed by atoms with Crippen molar-refractivity contribution in [1.29, 1.82) is 0 Å². The third-order valence-electron chi connectivity index (χ3n) is 16.3. The quantitative estimate of drug-likeness (QED) is 0.0184. The molecule has 1 fully saturated rings. The number of rotatable bonds is 40. The second-order valence-electron chi connectivity index (χ2n) is 24.4. The number of imidazole rings is 3. The molecule has 1 saturated heterocycles. The molecule has 3 aromatic carbocycles.